The molecule has 1 atom stereocenters. The maximum Gasteiger partial charge on any atom is 0.224 e. The van der Waals surface area contributed by atoms with Gasteiger partial charge >= 0.3 is 0 Å². The minimum Gasteiger partial charge on any atom is -0.341 e. The quantitative estimate of drug-likeness (QED) is 0.895. The van der Waals surface area contributed by atoms with E-state index in [1.807, 2.05) is 23.1 Å². The van der Waals surface area contributed by atoms with Gasteiger partial charge < -0.3 is 15.1 Å². The van der Waals surface area contributed by atoms with Crippen molar-refractivity contribution in [1.29, 1.82) is 0 Å². The average molecular weight is 336 g/mol. The summed E-state index contributed by atoms with van der Waals surface area (Å²) >= 11 is 6.02. The predicted octanol–water partition coefficient (Wildman–Crippen LogP) is 2.17. The molecule has 0 saturated carbocycles. The van der Waals surface area contributed by atoms with E-state index in [1.54, 1.807) is 0 Å². The number of halogens is 1. The van der Waals surface area contributed by atoms with Gasteiger partial charge in [-0.15, -0.1) is 0 Å². The van der Waals surface area contributed by atoms with Crippen molar-refractivity contribution in [1.82, 2.24) is 15.1 Å². The minimum absolute atomic E-state index is 0.275. The molecular formula is C18H26ClN3O. The second-order valence-corrected chi connectivity index (χ2v) is 7.30. The molecule has 2 aliphatic heterocycles. The molecule has 1 aromatic carbocycles. The molecule has 1 unspecified atom stereocenters. The Morgan fingerprint density at radius 1 is 1.26 bits per heavy atom. The zero-order valence-corrected chi connectivity index (χ0v) is 14.6. The minimum atomic E-state index is 0.275. The molecule has 1 aromatic rings. The van der Waals surface area contributed by atoms with Gasteiger partial charge in [-0.3, -0.25) is 4.79 Å². The zero-order chi connectivity index (χ0) is 16.2. The van der Waals surface area contributed by atoms with E-state index in [0.717, 1.165) is 37.6 Å². The van der Waals surface area contributed by atoms with Crippen molar-refractivity contribution in [3.8, 4) is 0 Å². The van der Waals surface area contributed by atoms with Crippen molar-refractivity contribution in [3.05, 3.63) is 34.9 Å². The van der Waals surface area contributed by atoms with Crippen LogP contribution >= 0.6 is 11.6 Å². The fourth-order valence-electron chi connectivity index (χ4n) is 3.57. The number of nitrogens with zero attached hydrogens (tertiary/aromatic N) is 2. The molecule has 0 spiro atoms. The number of carbonyl (C=O) groups is 1. The molecule has 4 nitrogen and oxygen atoms in total. The molecule has 0 bridgehead atoms. The average Bonchev–Trinajstić information content (AvgIpc) is 2.87. The van der Waals surface area contributed by atoms with Crippen molar-refractivity contribution < 1.29 is 4.79 Å². The molecule has 1 amide bonds. The Morgan fingerprint density at radius 2 is 2.04 bits per heavy atom. The van der Waals surface area contributed by atoms with Gasteiger partial charge in [0.25, 0.3) is 0 Å². The summed E-state index contributed by atoms with van der Waals surface area (Å²) in [5.41, 5.74) is 1.19. The number of hydrogen-bond donors (Lipinski definition) is 1. The van der Waals surface area contributed by atoms with Crippen molar-refractivity contribution in [2.45, 2.75) is 37.8 Å². The number of piperidine rings is 1. The Kier molecular flexibility index (Phi) is 5.57. The van der Waals surface area contributed by atoms with Crippen LogP contribution in [0.4, 0.5) is 0 Å². The van der Waals surface area contributed by atoms with Gasteiger partial charge in [-0.2, -0.15) is 0 Å². The van der Waals surface area contributed by atoms with E-state index in [1.165, 1.54) is 18.4 Å². The van der Waals surface area contributed by atoms with Crippen LogP contribution in [-0.4, -0.2) is 61.0 Å². The largest absolute Gasteiger partial charge is 0.341 e. The smallest absolute Gasteiger partial charge is 0.224 e. The molecule has 3 rings (SSSR count). The summed E-state index contributed by atoms with van der Waals surface area (Å²) in [7, 11) is 2.17. The van der Waals surface area contributed by atoms with E-state index < -0.39 is 0 Å². The summed E-state index contributed by atoms with van der Waals surface area (Å²) in [6.07, 6.45) is 3.88. The lowest BCUT2D eigenvalue weighted by molar-refractivity contribution is -0.127. The first-order valence-corrected chi connectivity index (χ1v) is 8.95. The molecule has 0 aromatic heterocycles. The van der Waals surface area contributed by atoms with E-state index in [2.05, 4.69) is 23.3 Å². The number of hydrogen-bond acceptors (Lipinski definition) is 3. The molecule has 126 valence electrons. The van der Waals surface area contributed by atoms with Crippen molar-refractivity contribution in [2.24, 2.45) is 0 Å². The normalized spacial score (nSPS) is 23.7. The number of nitrogens with one attached hydrogen (secondary N) is 1. The Morgan fingerprint density at radius 3 is 2.78 bits per heavy atom. The molecule has 2 saturated heterocycles. The third-order valence-corrected chi connectivity index (χ3v) is 5.20. The van der Waals surface area contributed by atoms with Crippen LogP contribution in [0.15, 0.2) is 24.3 Å². The van der Waals surface area contributed by atoms with Crippen molar-refractivity contribution >= 4 is 17.5 Å². The van der Waals surface area contributed by atoms with E-state index in [4.69, 9.17) is 11.6 Å². The highest BCUT2D eigenvalue weighted by Crippen LogP contribution is 2.17. The van der Waals surface area contributed by atoms with Gasteiger partial charge in [0, 0.05) is 36.6 Å². The molecule has 23 heavy (non-hydrogen) atoms. The predicted molar refractivity (Wildman–Crippen MR) is 93.8 cm³/mol. The summed E-state index contributed by atoms with van der Waals surface area (Å²) in [5.74, 6) is 0.275. The number of amides is 1. The summed E-state index contributed by atoms with van der Waals surface area (Å²) < 4.78 is 0. The Bertz CT molecular complexity index is 543. The standard InChI is InChI=1S/C18H26ClN3O/c1-21-8-6-16(7-9-21)20-17-12-18(23)22(13-17)10-5-14-3-2-4-15(19)11-14/h2-4,11,16-17,20H,5-10,12-13H2,1H3. The Hall–Kier alpha value is -1.10. The number of carbonyl (C=O) groups excluding carboxylic acids is 1. The first-order chi connectivity index (χ1) is 11.1. The third kappa shape index (κ3) is 4.69. The van der Waals surface area contributed by atoms with Gasteiger partial charge in [-0.25, -0.2) is 0 Å². The fraction of sp³-hybridized carbons (Fsp3) is 0.611. The van der Waals surface area contributed by atoms with E-state index in [9.17, 15) is 4.79 Å². The molecule has 5 heteroatoms. The maximum absolute atomic E-state index is 12.2. The van der Waals surface area contributed by atoms with Gasteiger partial charge in [0.2, 0.25) is 5.91 Å². The number of benzene rings is 1. The van der Waals surface area contributed by atoms with E-state index in [0.29, 0.717) is 18.5 Å². The first kappa shape index (κ1) is 16.7. The number of likely N-dealkylation sites (tertiary alicyclic amines) is 2. The van der Waals surface area contributed by atoms with Crippen LogP contribution in [0.2, 0.25) is 5.02 Å². The zero-order valence-electron chi connectivity index (χ0n) is 13.8. The highest BCUT2D eigenvalue weighted by Gasteiger charge is 2.31. The molecular weight excluding hydrogens is 310 g/mol. The monoisotopic (exact) mass is 335 g/mol. The summed E-state index contributed by atoms with van der Waals surface area (Å²) in [6, 6.07) is 8.78. The Balaban J connectivity index is 1.46. The molecule has 2 fully saturated rings. The van der Waals surface area contributed by atoms with Crippen LogP contribution in [0.5, 0.6) is 0 Å². The Labute approximate surface area is 143 Å². The van der Waals surface area contributed by atoms with E-state index >= 15 is 0 Å². The maximum atomic E-state index is 12.2. The van der Waals surface area contributed by atoms with Gasteiger partial charge in [0.1, 0.15) is 0 Å². The highest BCUT2D eigenvalue weighted by atomic mass is 35.5. The lowest BCUT2D eigenvalue weighted by Crippen LogP contribution is -2.46. The lowest BCUT2D eigenvalue weighted by atomic mass is 10.0. The van der Waals surface area contributed by atoms with Crippen molar-refractivity contribution in [3.63, 3.8) is 0 Å². The molecule has 1 N–H and O–H groups in total. The molecule has 0 aliphatic carbocycles. The van der Waals surface area contributed by atoms with Crippen LogP contribution in [0.3, 0.4) is 0 Å². The highest BCUT2D eigenvalue weighted by molar-refractivity contribution is 6.30. The summed E-state index contributed by atoms with van der Waals surface area (Å²) in [6.45, 7) is 3.92. The summed E-state index contributed by atoms with van der Waals surface area (Å²) in [5, 5.41) is 4.46. The summed E-state index contributed by atoms with van der Waals surface area (Å²) in [4.78, 5) is 16.6. The van der Waals surface area contributed by atoms with Crippen LogP contribution in [-0.2, 0) is 11.2 Å². The van der Waals surface area contributed by atoms with Gasteiger partial charge in [-0.05, 0) is 57.1 Å². The third-order valence-electron chi connectivity index (χ3n) is 4.96. The SMILES string of the molecule is CN1CCC(NC2CC(=O)N(CCc3cccc(Cl)c3)C2)CC1. The van der Waals surface area contributed by atoms with Crippen LogP contribution in [0.25, 0.3) is 0 Å². The second-order valence-electron chi connectivity index (χ2n) is 6.86. The molecule has 2 heterocycles. The van der Waals surface area contributed by atoms with Crippen LogP contribution < -0.4 is 5.32 Å². The molecule has 0 radical (unpaired) electrons. The van der Waals surface area contributed by atoms with Crippen LogP contribution in [0, 0.1) is 0 Å². The first-order valence-electron chi connectivity index (χ1n) is 8.57. The van der Waals surface area contributed by atoms with Gasteiger partial charge in [-0.1, -0.05) is 23.7 Å². The molecule has 2 aliphatic rings. The lowest BCUT2D eigenvalue weighted by Gasteiger charge is -2.31. The van der Waals surface area contributed by atoms with Gasteiger partial charge in [0.05, 0.1) is 0 Å². The van der Waals surface area contributed by atoms with Crippen LogP contribution in [0.1, 0.15) is 24.8 Å². The fourth-order valence-corrected chi connectivity index (χ4v) is 3.78. The van der Waals surface area contributed by atoms with Gasteiger partial charge in [0.15, 0.2) is 0 Å². The van der Waals surface area contributed by atoms with Crippen molar-refractivity contribution in [2.75, 3.05) is 33.2 Å². The topological polar surface area (TPSA) is 35.6 Å². The van der Waals surface area contributed by atoms with E-state index in [-0.39, 0.29) is 5.91 Å². The second kappa shape index (κ2) is 7.65. The number of rotatable bonds is 5.